The maximum Gasteiger partial charge on any atom is 0.278 e. The quantitative estimate of drug-likeness (QED) is 0.884. The Balaban J connectivity index is 2.22. The number of anilines is 1. The fourth-order valence-corrected chi connectivity index (χ4v) is 1.88. The van der Waals surface area contributed by atoms with Crippen LogP contribution >= 0.6 is 0 Å². The van der Waals surface area contributed by atoms with E-state index < -0.39 is 5.91 Å². The predicted octanol–water partition coefficient (Wildman–Crippen LogP) is 2.99. The van der Waals surface area contributed by atoms with Gasteiger partial charge in [0.05, 0.1) is 0 Å². The number of carbonyl (C=O) groups is 1. The highest BCUT2D eigenvalue weighted by Gasteiger charge is 2.13. The summed E-state index contributed by atoms with van der Waals surface area (Å²) in [6, 6.07) is 10.7. The molecule has 19 heavy (non-hydrogen) atoms. The fraction of sp³-hybridized carbons (Fsp3) is 0.200. The number of aromatic hydroxyl groups is 1. The van der Waals surface area contributed by atoms with Crippen LogP contribution in [0.4, 0.5) is 5.69 Å². The molecule has 0 aliphatic rings. The minimum absolute atomic E-state index is 0.0359. The molecule has 1 heterocycles. The third-order valence-corrected chi connectivity index (χ3v) is 2.79. The van der Waals surface area contributed by atoms with Gasteiger partial charge in [-0.3, -0.25) is 4.79 Å². The van der Waals surface area contributed by atoms with Gasteiger partial charge in [-0.25, -0.2) is 4.98 Å². The number of benzene rings is 1. The predicted molar refractivity (Wildman–Crippen MR) is 74.3 cm³/mol. The number of hydrogen-bond donors (Lipinski definition) is 2. The fourth-order valence-electron chi connectivity index (χ4n) is 1.88. The molecule has 0 aliphatic heterocycles. The second-order valence-corrected chi connectivity index (χ2v) is 4.23. The molecule has 2 rings (SSSR count). The second-order valence-electron chi connectivity index (χ2n) is 4.23. The van der Waals surface area contributed by atoms with E-state index in [9.17, 15) is 9.90 Å². The molecule has 98 valence electrons. The minimum atomic E-state index is -0.401. The molecule has 1 aromatic carbocycles. The summed E-state index contributed by atoms with van der Waals surface area (Å²) in [6.45, 7) is 2.09. The van der Waals surface area contributed by atoms with Gasteiger partial charge in [-0.2, -0.15) is 0 Å². The van der Waals surface area contributed by atoms with Gasteiger partial charge in [0.2, 0.25) is 0 Å². The number of amides is 1. The van der Waals surface area contributed by atoms with Gasteiger partial charge < -0.3 is 10.4 Å². The number of hydrogen-bond acceptors (Lipinski definition) is 3. The molecule has 0 unspecified atom stereocenters. The molecular weight excluding hydrogens is 240 g/mol. The number of nitrogens with zero attached hydrogens (tertiary/aromatic N) is 1. The first-order valence-corrected chi connectivity index (χ1v) is 6.25. The standard InChI is InChI=1S/C15H16N2O2/c1-2-6-11-7-3-4-8-12(11)17-15(19)14-13(18)9-5-10-16-14/h3-5,7-10,18H,2,6H2,1H3,(H,17,19). The Morgan fingerprint density at radius 3 is 2.79 bits per heavy atom. The van der Waals surface area contributed by atoms with Crippen LogP contribution < -0.4 is 5.32 Å². The van der Waals surface area contributed by atoms with Crippen molar-refractivity contribution < 1.29 is 9.90 Å². The molecule has 4 heteroatoms. The van der Waals surface area contributed by atoms with Crippen molar-refractivity contribution in [2.45, 2.75) is 19.8 Å². The molecular formula is C15H16N2O2. The van der Waals surface area contributed by atoms with E-state index >= 15 is 0 Å². The van der Waals surface area contributed by atoms with Crippen LogP contribution in [-0.4, -0.2) is 16.0 Å². The number of para-hydroxylation sites is 1. The number of pyridine rings is 1. The summed E-state index contributed by atoms with van der Waals surface area (Å²) in [5, 5.41) is 12.4. The zero-order valence-electron chi connectivity index (χ0n) is 10.8. The summed E-state index contributed by atoms with van der Waals surface area (Å²) in [7, 11) is 0. The lowest BCUT2D eigenvalue weighted by Crippen LogP contribution is -2.15. The van der Waals surface area contributed by atoms with Crippen LogP contribution in [0.5, 0.6) is 5.75 Å². The Morgan fingerprint density at radius 2 is 2.05 bits per heavy atom. The Bertz CT molecular complexity index is 582. The zero-order chi connectivity index (χ0) is 13.7. The second kappa shape index (κ2) is 6.00. The summed E-state index contributed by atoms with van der Waals surface area (Å²) in [6.07, 6.45) is 3.37. The summed E-state index contributed by atoms with van der Waals surface area (Å²) in [5.74, 6) is -0.519. The van der Waals surface area contributed by atoms with Crippen LogP contribution in [-0.2, 0) is 6.42 Å². The van der Waals surface area contributed by atoms with Crippen molar-refractivity contribution >= 4 is 11.6 Å². The molecule has 4 nitrogen and oxygen atoms in total. The lowest BCUT2D eigenvalue weighted by molar-refractivity contribution is 0.101. The molecule has 2 N–H and O–H groups in total. The molecule has 0 atom stereocenters. The summed E-state index contributed by atoms with van der Waals surface area (Å²) in [5.41, 5.74) is 1.88. The van der Waals surface area contributed by atoms with Crippen molar-refractivity contribution in [1.82, 2.24) is 4.98 Å². The topological polar surface area (TPSA) is 62.2 Å². The van der Waals surface area contributed by atoms with Gasteiger partial charge in [-0.15, -0.1) is 0 Å². The number of aromatic nitrogens is 1. The van der Waals surface area contributed by atoms with E-state index in [-0.39, 0.29) is 11.4 Å². The molecule has 0 bridgehead atoms. The van der Waals surface area contributed by atoms with Crippen molar-refractivity contribution in [3.63, 3.8) is 0 Å². The third kappa shape index (κ3) is 3.10. The first-order valence-electron chi connectivity index (χ1n) is 6.25. The van der Waals surface area contributed by atoms with E-state index in [4.69, 9.17) is 0 Å². The van der Waals surface area contributed by atoms with E-state index in [1.807, 2.05) is 24.3 Å². The molecule has 0 saturated heterocycles. The summed E-state index contributed by atoms with van der Waals surface area (Å²) in [4.78, 5) is 15.9. The summed E-state index contributed by atoms with van der Waals surface area (Å²) < 4.78 is 0. The third-order valence-electron chi connectivity index (χ3n) is 2.79. The van der Waals surface area contributed by atoms with Crippen molar-refractivity contribution in [3.8, 4) is 5.75 Å². The molecule has 0 aliphatic carbocycles. The van der Waals surface area contributed by atoms with Crippen molar-refractivity contribution in [2.75, 3.05) is 5.32 Å². The first-order chi connectivity index (χ1) is 9.22. The van der Waals surface area contributed by atoms with Crippen molar-refractivity contribution in [3.05, 3.63) is 53.9 Å². The first kappa shape index (κ1) is 13.1. The SMILES string of the molecule is CCCc1ccccc1NC(=O)c1ncccc1O. The Hall–Kier alpha value is -2.36. The molecule has 0 spiro atoms. The molecule has 0 fully saturated rings. The normalized spacial score (nSPS) is 10.2. The highest BCUT2D eigenvalue weighted by molar-refractivity contribution is 6.04. The Labute approximate surface area is 112 Å². The largest absolute Gasteiger partial charge is 0.505 e. The lowest BCUT2D eigenvalue weighted by Gasteiger charge is -2.10. The monoisotopic (exact) mass is 256 g/mol. The molecule has 0 saturated carbocycles. The highest BCUT2D eigenvalue weighted by atomic mass is 16.3. The van der Waals surface area contributed by atoms with Gasteiger partial charge >= 0.3 is 0 Å². The van der Waals surface area contributed by atoms with Gasteiger partial charge in [0.15, 0.2) is 5.69 Å². The maximum absolute atomic E-state index is 12.1. The van der Waals surface area contributed by atoms with Gasteiger partial charge in [0.25, 0.3) is 5.91 Å². The smallest absolute Gasteiger partial charge is 0.278 e. The average Bonchev–Trinajstić information content (AvgIpc) is 2.41. The van der Waals surface area contributed by atoms with Gasteiger partial charge in [0, 0.05) is 11.9 Å². The number of nitrogens with one attached hydrogen (secondary N) is 1. The molecule has 1 amide bonds. The molecule has 0 radical (unpaired) electrons. The molecule has 1 aromatic heterocycles. The van der Waals surface area contributed by atoms with Gasteiger partial charge in [-0.05, 0) is 30.2 Å². The Kier molecular flexibility index (Phi) is 4.13. The average molecular weight is 256 g/mol. The zero-order valence-corrected chi connectivity index (χ0v) is 10.8. The van der Waals surface area contributed by atoms with E-state index in [1.165, 1.54) is 12.3 Å². The van der Waals surface area contributed by atoms with E-state index in [1.54, 1.807) is 6.07 Å². The highest BCUT2D eigenvalue weighted by Crippen LogP contribution is 2.19. The van der Waals surface area contributed by atoms with E-state index in [0.717, 1.165) is 24.1 Å². The summed E-state index contributed by atoms with van der Waals surface area (Å²) >= 11 is 0. The van der Waals surface area contributed by atoms with Crippen LogP contribution in [0, 0.1) is 0 Å². The van der Waals surface area contributed by atoms with E-state index in [0.29, 0.717) is 0 Å². The molecule has 2 aromatic rings. The van der Waals surface area contributed by atoms with E-state index in [2.05, 4.69) is 17.2 Å². The number of carbonyl (C=O) groups excluding carboxylic acids is 1. The van der Waals surface area contributed by atoms with Crippen LogP contribution in [0.1, 0.15) is 29.4 Å². The minimum Gasteiger partial charge on any atom is -0.505 e. The van der Waals surface area contributed by atoms with Crippen molar-refractivity contribution in [1.29, 1.82) is 0 Å². The lowest BCUT2D eigenvalue weighted by atomic mass is 10.1. The van der Waals surface area contributed by atoms with Gasteiger partial charge in [0.1, 0.15) is 5.75 Å². The number of aryl methyl sites for hydroxylation is 1. The Morgan fingerprint density at radius 1 is 1.26 bits per heavy atom. The van der Waals surface area contributed by atoms with Crippen LogP contribution in [0.25, 0.3) is 0 Å². The van der Waals surface area contributed by atoms with Crippen LogP contribution in [0.3, 0.4) is 0 Å². The number of rotatable bonds is 4. The van der Waals surface area contributed by atoms with Crippen LogP contribution in [0.2, 0.25) is 0 Å². The van der Waals surface area contributed by atoms with Crippen LogP contribution in [0.15, 0.2) is 42.6 Å². The maximum atomic E-state index is 12.1. The van der Waals surface area contributed by atoms with Gasteiger partial charge in [-0.1, -0.05) is 31.5 Å². The van der Waals surface area contributed by atoms with Crippen molar-refractivity contribution in [2.24, 2.45) is 0 Å².